The van der Waals surface area contributed by atoms with Crippen LogP contribution in [0.1, 0.15) is 38.0 Å². The van der Waals surface area contributed by atoms with Crippen LogP contribution in [0.2, 0.25) is 5.02 Å². The summed E-state index contributed by atoms with van der Waals surface area (Å²) in [6, 6.07) is 19.8. The Morgan fingerprint density at radius 1 is 1.03 bits per heavy atom. The monoisotopic (exact) mass is 581 g/mol. The van der Waals surface area contributed by atoms with E-state index in [0.29, 0.717) is 24.5 Å². The van der Waals surface area contributed by atoms with Crippen molar-refractivity contribution in [2.75, 3.05) is 19.7 Å². The Bertz CT molecular complexity index is 1310. The molecule has 206 valence electrons. The highest BCUT2D eigenvalue weighted by Gasteiger charge is 2.32. The molecule has 7 nitrogen and oxygen atoms in total. The van der Waals surface area contributed by atoms with Gasteiger partial charge in [0, 0.05) is 11.6 Å². The quantitative estimate of drug-likeness (QED) is 0.224. The molecule has 0 aliphatic rings. The summed E-state index contributed by atoms with van der Waals surface area (Å²) >= 11 is 5.97. The number of benzene rings is 3. The lowest BCUT2D eigenvalue weighted by atomic mass is 10.1. The van der Waals surface area contributed by atoms with Gasteiger partial charge in [-0.25, -0.2) is 13.2 Å². The van der Waals surface area contributed by atoms with Gasteiger partial charge in [-0.3, -0.25) is 0 Å². The summed E-state index contributed by atoms with van der Waals surface area (Å²) in [5.41, 5.74) is 0.434. The Hall–Kier alpha value is -2.62. The summed E-state index contributed by atoms with van der Waals surface area (Å²) in [6.45, 7) is 6.04. The Morgan fingerprint density at radius 3 is 2.37 bits per heavy atom. The van der Waals surface area contributed by atoms with Gasteiger partial charge in [0.2, 0.25) is 9.84 Å². The summed E-state index contributed by atoms with van der Waals surface area (Å²) in [7, 11) is -3.79. The van der Waals surface area contributed by atoms with Crippen LogP contribution in [-0.4, -0.2) is 44.8 Å². The first-order valence-electron chi connectivity index (χ1n) is 12.0. The average Bonchev–Trinajstić information content (AvgIpc) is 2.87. The van der Waals surface area contributed by atoms with Crippen LogP contribution in [-0.2, 0) is 25.8 Å². The van der Waals surface area contributed by atoms with Gasteiger partial charge >= 0.3 is 5.97 Å². The van der Waals surface area contributed by atoms with Gasteiger partial charge < -0.3 is 19.9 Å². The maximum absolute atomic E-state index is 13.2. The van der Waals surface area contributed by atoms with Gasteiger partial charge in [0.1, 0.15) is 5.75 Å². The highest BCUT2D eigenvalue weighted by Crippen LogP contribution is 2.27. The van der Waals surface area contributed by atoms with Crippen LogP contribution in [0.5, 0.6) is 5.75 Å². The number of esters is 1. The molecule has 2 N–H and O–H groups in total. The second-order valence-electron chi connectivity index (χ2n) is 8.98. The second-order valence-corrected chi connectivity index (χ2v) is 11.4. The van der Waals surface area contributed by atoms with Crippen LogP contribution in [0.25, 0.3) is 0 Å². The van der Waals surface area contributed by atoms with E-state index in [-0.39, 0.29) is 34.6 Å². The number of sulfone groups is 1. The molecule has 38 heavy (non-hydrogen) atoms. The molecule has 3 rings (SSSR count). The smallest absolute Gasteiger partial charge is 0.349 e. The van der Waals surface area contributed by atoms with Gasteiger partial charge in [0.15, 0.2) is 5.60 Å². The van der Waals surface area contributed by atoms with E-state index in [4.69, 9.17) is 21.1 Å². The van der Waals surface area contributed by atoms with E-state index >= 15 is 0 Å². The summed E-state index contributed by atoms with van der Waals surface area (Å²) < 4.78 is 37.2. The van der Waals surface area contributed by atoms with Gasteiger partial charge in [-0.1, -0.05) is 41.9 Å². The summed E-state index contributed by atoms with van der Waals surface area (Å²) in [6.07, 6.45) is -0.0108. The number of rotatable bonds is 12. The Balaban J connectivity index is 0.00000507. The van der Waals surface area contributed by atoms with Crippen molar-refractivity contribution >= 4 is 39.8 Å². The van der Waals surface area contributed by atoms with Crippen LogP contribution >= 0.6 is 24.0 Å². The lowest BCUT2D eigenvalue weighted by molar-refractivity contribution is -0.158. The third-order valence-electron chi connectivity index (χ3n) is 5.65. The first-order valence-corrected chi connectivity index (χ1v) is 13.8. The third-order valence-corrected chi connectivity index (χ3v) is 7.65. The van der Waals surface area contributed by atoms with E-state index in [0.717, 1.165) is 11.1 Å². The molecule has 0 radical (unpaired) electrons. The largest absolute Gasteiger partial charge is 0.476 e. The van der Waals surface area contributed by atoms with Gasteiger partial charge in [0.05, 0.1) is 22.5 Å². The van der Waals surface area contributed by atoms with Crippen molar-refractivity contribution in [1.82, 2.24) is 5.32 Å². The normalized spacial score (nSPS) is 12.3. The van der Waals surface area contributed by atoms with E-state index in [9.17, 15) is 18.3 Å². The summed E-state index contributed by atoms with van der Waals surface area (Å²) in [4.78, 5) is 12.3. The number of aliphatic hydroxyl groups is 1. The molecule has 0 aromatic heterocycles. The van der Waals surface area contributed by atoms with E-state index in [1.54, 1.807) is 75.4 Å². The van der Waals surface area contributed by atoms with Gasteiger partial charge in [-0.05, 0) is 87.3 Å². The average molecular weight is 583 g/mol. The van der Waals surface area contributed by atoms with Crippen molar-refractivity contribution in [3.05, 3.63) is 88.9 Å². The van der Waals surface area contributed by atoms with E-state index < -0.39 is 27.5 Å². The standard InChI is InChI=1S/C28H32ClNO6S.ClH/c1-4-35-27(32)28(2,3)36-23-9-6-10-25(18-23)37(33,34)24-13-11-20(12-14-24)15-16-30-19-26(31)21-7-5-8-22(29)17-21;/h5-14,17-18,26,30-31H,4,15-16,19H2,1-3H3;1H/t26-;/m0./s1. The Kier molecular flexibility index (Phi) is 11.6. The molecule has 10 heteroatoms. The number of hydrogen-bond acceptors (Lipinski definition) is 7. The Morgan fingerprint density at radius 2 is 1.71 bits per heavy atom. The fourth-order valence-electron chi connectivity index (χ4n) is 3.62. The van der Waals surface area contributed by atoms with Gasteiger partial charge in [-0.15, -0.1) is 12.4 Å². The Labute approximate surface area is 235 Å². The molecule has 0 bridgehead atoms. The molecule has 0 heterocycles. The zero-order valence-electron chi connectivity index (χ0n) is 21.5. The molecule has 0 unspecified atom stereocenters. The van der Waals surface area contributed by atoms with Crippen molar-refractivity contribution in [1.29, 1.82) is 0 Å². The molecule has 0 aliphatic carbocycles. The van der Waals surface area contributed by atoms with Crippen molar-refractivity contribution in [3.8, 4) is 5.75 Å². The van der Waals surface area contributed by atoms with Crippen LogP contribution in [0.3, 0.4) is 0 Å². The molecule has 3 aromatic carbocycles. The summed E-state index contributed by atoms with van der Waals surface area (Å²) in [5, 5.41) is 14.1. The first-order chi connectivity index (χ1) is 17.5. The number of aliphatic hydroxyl groups excluding tert-OH is 1. The molecule has 0 fully saturated rings. The minimum absolute atomic E-state index is 0. The van der Waals surface area contributed by atoms with Crippen molar-refractivity contribution in [3.63, 3.8) is 0 Å². The fraction of sp³-hybridized carbons (Fsp3) is 0.321. The lowest BCUT2D eigenvalue weighted by Gasteiger charge is -2.24. The topological polar surface area (TPSA) is 102 Å². The number of carbonyl (C=O) groups excluding carboxylic acids is 1. The predicted molar refractivity (Wildman–Crippen MR) is 150 cm³/mol. The highest BCUT2D eigenvalue weighted by atomic mass is 35.5. The number of carbonyl (C=O) groups is 1. The molecule has 1 atom stereocenters. The van der Waals surface area contributed by atoms with E-state index in [1.165, 1.54) is 12.1 Å². The first kappa shape index (κ1) is 31.6. The van der Waals surface area contributed by atoms with Gasteiger partial charge in [0.25, 0.3) is 0 Å². The van der Waals surface area contributed by atoms with E-state index in [1.807, 2.05) is 6.07 Å². The molecule has 0 saturated carbocycles. The van der Waals surface area contributed by atoms with Crippen molar-refractivity contribution < 1.29 is 27.8 Å². The second kappa shape index (κ2) is 14.0. The van der Waals surface area contributed by atoms with Crippen molar-refractivity contribution in [2.24, 2.45) is 0 Å². The maximum atomic E-state index is 13.2. The molecular weight excluding hydrogens is 549 g/mol. The summed E-state index contributed by atoms with van der Waals surface area (Å²) in [5.74, 6) is -0.283. The molecule has 0 spiro atoms. The van der Waals surface area contributed by atoms with Crippen molar-refractivity contribution in [2.45, 2.75) is 48.7 Å². The number of nitrogens with one attached hydrogen (secondary N) is 1. The lowest BCUT2D eigenvalue weighted by Crippen LogP contribution is -2.39. The predicted octanol–water partition coefficient (Wildman–Crippen LogP) is 5.18. The zero-order chi connectivity index (χ0) is 27.1. The van der Waals surface area contributed by atoms with Crippen LogP contribution in [0, 0.1) is 0 Å². The highest BCUT2D eigenvalue weighted by molar-refractivity contribution is 7.91. The molecule has 0 saturated heterocycles. The molecule has 0 amide bonds. The molecule has 3 aromatic rings. The SMILES string of the molecule is CCOC(=O)C(C)(C)Oc1cccc(S(=O)(=O)c2ccc(CCNC[C@H](O)c3cccc(Cl)c3)cc2)c1.Cl. The molecule has 0 aliphatic heterocycles. The minimum Gasteiger partial charge on any atom is -0.476 e. The number of ether oxygens (including phenoxy) is 2. The van der Waals surface area contributed by atoms with Crippen LogP contribution in [0.15, 0.2) is 82.6 Å². The molecular formula is C28H33Cl2NO6S. The van der Waals surface area contributed by atoms with Gasteiger partial charge in [-0.2, -0.15) is 0 Å². The number of halogens is 2. The fourth-order valence-corrected chi connectivity index (χ4v) is 5.11. The van der Waals surface area contributed by atoms with Crippen LogP contribution in [0.4, 0.5) is 0 Å². The third kappa shape index (κ3) is 8.44. The van der Waals surface area contributed by atoms with Crippen LogP contribution < -0.4 is 10.1 Å². The number of hydrogen-bond donors (Lipinski definition) is 2. The minimum atomic E-state index is -3.79. The van der Waals surface area contributed by atoms with E-state index in [2.05, 4.69) is 5.32 Å². The maximum Gasteiger partial charge on any atom is 0.349 e. The zero-order valence-corrected chi connectivity index (χ0v) is 23.9.